The number of amides is 3. The topological polar surface area (TPSA) is 69.7 Å². The van der Waals surface area contributed by atoms with Gasteiger partial charge in [0, 0.05) is 44.7 Å². The van der Waals surface area contributed by atoms with Crippen LogP contribution >= 0.6 is 0 Å². The van der Waals surface area contributed by atoms with Crippen molar-refractivity contribution >= 4 is 23.4 Å². The maximum absolute atomic E-state index is 12.6. The summed E-state index contributed by atoms with van der Waals surface area (Å²) in [5.41, 5.74) is 4.61. The van der Waals surface area contributed by atoms with Crippen LogP contribution in [0.3, 0.4) is 0 Å². The SMILES string of the molecule is CCc1ccc(N2CC(C(=O)NCCCC(=O)N3CCc4ccccc4C3)CC2=O)cc1. The molecule has 2 aromatic rings. The van der Waals surface area contributed by atoms with Crippen molar-refractivity contribution in [1.82, 2.24) is 10.2 Å². The number of fused-ring (bicyclic) bond motifs is 1. The molecule has 0 radical (unpaired) electrons. The summed E-state index contributed by atoms with van der Waals surface area (Å²) in [7, 11) is 0. The molecule has 0 aliphatic carbocycles. The van der Waals surface area contributed by atoms with E-state index in [0.717, 1.165) is 25.1 Å². The van der Waals surface area contributed by atoms with Crippen molar-refractivity contribution in [3.63, 3.8) is 0 Å². The second-order valence-electron chi connectivity index (χ2n) is 8.65. The molecule has 6 nitrogen and oxygen atoms in total. The predicted molar refractivity (Wildman–Crippen MR) is 124 cm³/mol. The van der Waals surface area contributed by atoms with Crippen LogP contribution in [0.1, 0.15) is 42.9 Å². The van der Waals surface area contributed by atoms with Crippen LogP contribution in [0.25, 0.3) is 0 Å². The quantitative estimate of drug-likeness (QED) is 0.683. The van der Waals surface area contributed by atoms with Crippen LogP contribution < -0.4 is 10.2 Å². The largest absolute Gasteiger partial charge is 0.356 e. The van der Waals surface area contributed by atoms with Gasteiger partial charge in [-0.3, -0.25) is 14.4 Å². The van der Waals surface area contributed by atoms with Crippen LogP contribution in [-0.4, -0.2) is 42.3 Å². The molecule has 1 atom stereocenters. The lowest BCUT2D eigenvalue weighted by Crippen LogP contribution is -2.37. The van der Waals surface area contributed by atoms with Crippen LogP contribution in [0, 0.1) is 5.92 Å². The Hall–Kier alpha value is -3.15. The Labute approximate surface area is 189 Å². The first-order valence-electron chi connectivity index (χ1n) is 11.6. The van der Waals surface area contributed by atoms with E-state index in [1.807, 2.05) is 41.3 Å². The zero-order valence-electron chi connectivity index (χ0n) is 18.7. The molecule has 0 saturated carbocycles. The molecule has 6 heteroatoms. The molecule has 32 heavy (non-hydrogen) atoms. The summed E-state index contributed by atoms with van der Waals surface area (Å²) < 4.78 is 0. The lowest BCUT2D eigenvalue weighted by atomic mass is 9.99. The van der Waals surface area contributed by atoms with Crippen LogP contribution in [0.4, 0.5) is 5.69 Å². The molecular weight excluding hydrogens is 402 g/mol. The molecule has 2 aliphatic rings. The molecule has 168 valence electrons. The van der Waals surface area contributed by atoms with Crippen molar-refractivity contribution in [2.45, 2.75) is 45.6 Å². The van der Waals surface area contributed by atoms with Crippen molar-refractivity contribution in [1.29, 1.82) is 0 Å². The Balaban J connectivity index is 1.20. The minimum absolute atomic E-state index is 0.0186. The smallest absolute Gasteiger partial charge is 0.227 e. The number of hydrogen-bond acceptors (Lipinski definition) is 3. The van der Waals surface area contributed by atoms with Crippen LogP contribution in [0.15, 0.2) is 48.5 Å². The van der Waals surface area contributed by atoms with E-state index in [0.29, 0.717) is 32.5 Å². The Bertz CT molecular complexity index is 986. The normalized spacial score (nSPS) is 17.9. The molecule has 0 bridgehead atoms. The molecule has 2 aromatic carbocycles. The Morgan fingerprint density at radius 2 is 1.81 bits per heavy atom. The van der Waals surface area contributed by atoms with Crippen molar-refractivity contribution in [3.05, 3.63) is 65.2 Å². The Morgan fingerprint density at radius 1 is 1.06 bits per heavy atom. The molecule has 1 unspecified atom stereocenters. The first-order chi connectivity index (χ1) is 15.5. The number of hydrogen-bond donors (Lipinski definition) is 1. The zero-order chi connectivity index (χ0) is 22.5. The monoisotopic (exact) mass is 433 g/mol. The minimum atomic E-state index is -0.345. The molecule has 4 rings (SSSR count). The van der Waals surface area contributed by atoms with Crippen molar-refractivity contribution in [3.8, 4) is 0 Å². The van der Waals surface area contributed by atoms with E-state index in [9.17, 15) is 14.4 Å². The Morgan fingerprint density at radius 3 is 2.56 bits per heavy atom. The van der Waals surface area contributed by atoms with Gasteiger partial charge in [-0.05, 0) is 48.1 Å². The third-order valence-electron chi connectivity index (χ3n) is 6.50. The number of nitrogens with one attached hydrogen (secondary N) is 1. The number of nitrogens with zero attached hydrogens (tertiary/aromatic N) is 2. The molecule has 1 N–H and O–H groups in total. The molecule has 1 fully saturated rings. The van der Waals surface area contributed by atoms with E-state index in [2.05, 4.69) is 24.4 Å². The van der Waals surface area contributed by atoms with Crippen molar-refractivity contribution < 1.29 is 14.4 Å². The van der Waals surface area contributed by atoms with Gasteiger partial charge >= 0.3 is 0 Å². The van der Waals surface area contributed by atoms with Gasteiger partial charge in [0.25, 0.3) is 0 Å². The summed E-state index contributed by atoms with van der Waals surface area (Å²) in [5, 5.41) is 2.92. The average molecular weight is 434 g/mol. The van der Waals surface area contributed by atoms with Gasteiger partial charge in [0.15, 0.2) is 0 Å². The number of rotatable bonds is 7. The summed E-state index contributed by atoms with van der Waals surface area (Å²) in [6.45, 7) is 4.37. The number of carbonyl (C=O) groups is 3. The summed E-state index contributed by atoms with van der Waals surface area (Å²) in [6.07, 6.45) is 3.10. The molecule has 0 aromatic heterocycles. The molecule has 2 heterocycles. The highest BCUT2D eigenvalue weighted by molar-refractivity contribution is 6.00. The molecule has 2 aliphatic heterocycles. The number of aryl methyl sites for hydroxylation is 1. The fourth-order valence-corrected chi connectivity index (χ4v) is 4.51. The fourth-order valence-electron chi connectivity index (χ4n) is 4.51. The molecular formula is C26H31N3O3. The zero-order valence-corrected chi connectivity index (χ0v) is 18.7. The second kappa shape index (κ2) is 9.98. The highest BCUT2D eigenvalue weighted by Gasteiger charge is 2.35. The van der Waals surface area contributed by atoms with Gasteiger partial charge in [-0.15, -0.1) is 0 Å². The predicted octanol–water partition coefficient (Wildman–Crippen LogP) is 3.08. The Kier molecular flexibility index (Phi) is 6.88. The summed E-state index contributed by atoms with van der Waals surface area (Å²) in [5.74, 6) is -0.338. The van der Waals surface area contributed by atoms with E-state index >= 15 is 0 Å². The average Bonchev–Trinajstić information content (AvgIpc) is 3.23. The maximum atomic E-state index is 12.6. The van der Waals surface area contributed by atoms with E-state index in [1.54, 1.807) is 4.90 Å². The number of anilines is 1. The third kappa shape index (κ3) is 5.01. The second-order valence-corrected chi connectivity index (χ2v) is 8.65. The minimum Gasteiger partial charge on any atom is -0.356 e. The van der Waals surface area contributed by atoms with Crippen LogP contribution in [0.5, 0.6) is 0 Å². The first kappa shape index (κ1) is 22.1. The first-order valence-corrected chi connectivity index (χ1v) is 11.6. The van der Waals surface area contributed by atoms with Gasteiger partial charge in [0.05, 0.1) is 5.92 Å². The van der Waals surface area contributed by atoms with Crippen LogP contribution in [0.2, 0.25) is 0 Å². The van der Waals surface area contributed by atoms with Crippen LogP contribution in [-0.2, 0) is 33.8 Å². The summed E-state index contributed by atoms with van der Waals surface area (Å²) in [6, 6.07) is 16.2. The van der Waals surface area contributed by atoms with E-state index in [1.165, 1.54) is 16.7 Å². The molecule has 0 spiro atoms. The van der Waals surface area contributed by atoms with Gasteiger partial charge in [0.2, 0.25) is 17.7 Å². The number of benzene rings is 2. The van der Waals surface area contributed by atoms with Gasteiger partial charge in [-0.2, -0.15) is 0 Å². The number of carbonyl (C=O) groups excluding carboxylic acids is 3. The van der Waals surface area contributed by atoms with Gasteiger partial charge < -0.3 is 15.1 Å². The molecule has 3 amide bonds. The van der Waals surface area contributed by atoms with E-state index < -0.39 is 0 Å². The lowest BCUT2D eigenvalue weighted by Gasteiger charge is -2.29. The van der Waals surface area contributed by atoms with E-state index in [-0.39, 0.29) is 30.1 Å². The maximum Gasteiger partial charge on any atom is 0.227 e. The van der Waals surface area contributed by atoms with E-state index in [4.69, 9.17) is 0 Å². The lowest BCUT2D eigenvalue weighted by molar-refractivity contribution is -0.132. The van der Waals surface area contributed by atoms with Gasteiger partial charge in [-0.25, -0.2) is 0 Å². The summed E-state index contributed by atoms with van der Waals surface area (Å²) in [4.78, 5) is 41.1. The standard InChI is InChI=1S/C26H31N3O3/c1-2-19-9-11-23(12-10-19)29-18-22(16-25(29)31)26(32)27-14-5-8-24(30)28-15-13-20-6-3-4-7-21(20)17-28/h3-4,6-7,9-12,22H,2,5,8,13-18H2,1H3,(H,27,32). The molecule has 1 saturated heterocycles. The van der Waals surface area contributed by atoms with Crippen molar-refractivity contribution in [2.75, 3.05) is 24.5 Å². The summed E-state index contributed by atoms with van der Waals surface area (Å²) >= 11 is 0. The van der Waals surface area contributed by atoms with Crippen molar-refractivity contribution in [2.24, 2.45) is 5.92 Å². The van der Waals surface area contributed by atoms with Gasteiger partial charge in [-0.1, -0.05) is 43.3 Å². The highest BCUT2D eigenvalue weighted by atomic mass is 16.2. The van der Waals surface area contributed by atoms with Gasteiger partial charge in [0.1, 0.15) is 0 Å². The fraction of sp³-hybridized carbons (Fsp3) is 0.423. The third-order valence-corrected chi connectivity index (χ3v) is 6.50. The highest BCUT2D eigenvalue weighted by Crippen LogP contribution is 2.25.